The zero-order valence-electron chi connectivity index (χ0n) is 11.1. The molecule has 1 saturated heterocycles. The standard InChI is InChI=1S/C12H18N4O3/c1-3-8-6-9(15(2)14-8)10(17)16-5-4-12(13,7-16)11(18)19/h6H,3-5,7,13H2,1-2H3,(H,18,19). The van der Waals surface area contributed by atoms with Crippen molar-refractivity contribution < 1.29 is 14.7 Å². The summed E-state index contributed by atoms with van der Waals surface area (Å²) in [5, 5.41) is 13.3. The summed E-state index contributed by atoms with van der Waals surface area (Å²) in [4.78, 5) is 24.9. The fourth-order valence-corrected chi connectivity index (χ4v) is 2.24. The van der Waals surface area contributed by atoms with Gasteiger partial charge in [-0.2, -0.15) is 5.10 Å². The van der Waals surface area contributed by atoms with Gasteiger partial charge in [0, 0.05) is 20.1 Å². The molecule has 1 aliphatic rings. The minimum Gasteiger partial charge on any atom is -0.480 e. The number of nitrogens with two attached hydrogens (primary N) is 1. The van der Waals surface area contributed by atoms with Gasteiger partial charge in [0.1, 0.15) is 11.2 Å². The Morgan fingerprint density at radius 1 is 1.58 bits per heavy atom. The first-order chi connectivity index (χ1) is 8.87. The molecule has 7 nitrogen and oxygen atoms in total. The summed E-state index contributed by atoms with van der Waals surface area (Å²) in [5.74, 6) is -1.29. The van der Waals surface area contributed by atoms with Gasteiger partial charge in [-0.1, -0.05) is 6.92 Å². The number of carboxylic acid groups (broad SMARTS) is 1. The predicted molar refractivity (Wildman–Crippen MR) is 67.7 cm³/mol. The van der Waals surface area contributed by atoms with E-state index in [0.717, 1.165) is 12.1 Å². The van der Waals surface area contributed by atoms with Gasteiger partial charge in [0.25, 0.3) is 5.91 Å². The number of hydrogen-bond acceptors (Lipinski definition) is 4. The van der Waals surface area contributed by atoms with E-state index in [-0.39, 0.29) is 18.9 Å². The number of aryl methyl sites for hydroxylation is 2. The van der Waals surface area contributed by atoms with Crippen molar-refractivity contribution in [3.05, 3.63) is 17.5 Å². The number of rotatable bonds is 3. The Labute approximate surface area is 111 Å². The number of carbonyl (C=O) groups excluding carboxylic acids is 1. The van der Waals surface area contributed by atoms with Crippen LogP contribution in [0.15, 0.2) is 6.07 Å². The Kier molecular flexibility index (Phi) is 3.32. The maximum absolute atomic E-state index is 12.3. The molecule has 0 aliphatic carbocycles. The van der Waals surface area contributed by atoms with E-state index in [0.29, 0.717) is 12.2 Å². The third-order valence-electron chi connectivity index (χ3n) is 3.53. The van der Waals surface area contributed by atoms with Crippen LogP contribution in [0.3, 0.4) is 0 Å². The van der Waals surface area contributed by atoms with Crippen LogP contribution in [0, 0.1) is 0 Å². The van der Waals surface area contributed by atoms with E-state index in [2.05, 4.69) is 5.10 Å². The van der Waals surface area contributed by atoms with Crippen LogP contribution in [0.5, 0.6) is 0 Å². The summed E-state index contributed by atoms with van der Waals surface area (Å²) in [7, 11) is 1.70. The average Bonchev–Trinajstić information content (AvgIpc) is 2.93. The van der Waals surface area contributed by atoms with Crippen LogP contribution in [0.1, 0.15) is 29.5 Å². The van der Waals surface area contributed by atoms with Crippen molar-refractivity contribution >= 4 is 11.9 Å². The van der Waals surface area contributed by atoms with Crippen LogP contribution < -0.4 is 5.73 Å². The first kappa shape index (κ1) is 13.5. The number of carboxylic acids is 1. The van der Waals surface area contributed by atoms with Crippen LogP contribution >= 0.6 is 0 Å². The molecule has 2 heterocycles. The fourth-order valence-electron chi connectivity index (χ4n) is 2.24. The van der Waals surface area contributed by atoms with Crippen molar-refractivity contribution in [2.45, 2.75) is 25.3 Å². The zero-order chi connectivity index (χ0) is 14.2. The number of carbonyl (C=O) groups is 2. The van der Waals surface area contributed by atoms with Gasteiger partial charge in [-0.3, -0.25) is 14.3 Å². The molecule has 1 aliphatic heterocycles. The quantitative estimate of drug-likeness (QED) is 0.776. The minimum absolute atomic E-state index is 0.0355. The summed E-state index contributed by atoms with van der Waals surface area (Å²) in [6.07, 6.45) is 1.02. The summed E-state index contributed by atoms with van der Waals surface area (Å²) in [6.45, 7) is 2.35. The third-order valence-corrected chi connectivity index (χ3v) is 3.53. The zero-order valence-corrected chi connectivity index (χ0v) is 11.1. The molecule has 2 rings (SSSR count). The Bertz CT molecular complexity index is 525. The number of amides is 1. The van der Waals surface area contributed by atoms with Crippen LogP contribution in [-0.4, -0.2) is 50.3 Å². The molecule has 0 radical (unpaired) electrons. The van der Waals surface area contributed by atoms with Gasteiger partial charge < -0.3 is 15.7 Å². The summed E-state index contributed by atoms with van der Waals surface area (Å²) in [6, 6.07) is 1.74. The minimum atomic E-state index is -1.33. The molecule has 0 aromatic carbocycles. The largest absolute Gasteiger partial charge is 0.480 e. The van der Waals surface area contributed by atoms with Crippen molar-refractivity contribution in [1.29, 1.82) is 0 Å². The van der Waals surface area contributed by atoms with Gasteiger partial charge in [0.2, 0.25) is 0 Å². The first-order valence-electron chi connectivity index (χ1n) is 6.22. The van der Waals surface area contributed by atoms with E-state index in [9.17, 15) is 9.59 Å². The van der Waals surface area contributed by atoms with Gasteiger partial charge in [-0.15, -0.1) is 0 Å². The molecule has 1 unspecified atom stereocenters. The highest BCUT2D eigenvalue weighted by Gasteiger charge is 2.43. The van der Waals surface area contributed by atoms with Crippen molar-refractivity contribution in [3.63, 3.8) is 0 Å². The SMILES string of the molecule is CCc1cc(C(=O)N2CCC(N)(C(=O)O)C2)n(C)n1. The van der Waals surface area contributed by atoms with Gasteiger partial charge >= 0.3 is 5.97 Å². The third kappa shape index (κ3) is 2.33. The van der Waals surface area contributed by atoms with Crippen molar-refractivity contribution in [2.24, 2.45) is 12.8 Å². The molecule has 1 fully saturated rings. The lowest BCUT2D eigenvalue weighted by molar-refractivity contribution is -0.142. The Morgan fingerprint density at radius 2 is 2.26 bits per heavy atom. The summed E-state index contributed by atoms with van der Waals surface area (Å²) >= 11 is 0. The van der Waals surface area contributed by atoms with Crippen molar-refractivity contribution in [1.82, 2.24) is 14.7 Å². The molecule has 104 valence electrons. The second-order valence-electron chi connectivity index (χ2n) is 4.94. The molecule has 19 heavy (non-hydrogen) atoms. The lowest BCUT2D eigenvalue weighted by Gasteiger charge is -2.20. The van der Waals surface area contributed by atoms with Crippen LogP contribution in [0.2, 0.25) is 0 Å². The second kappa shape index (κ2) is 4.65. The fraction of sp³-hybridized carbons (Fsp3) is 0.583. The molecule has 3 N–H and O–H groups in total. The Morgan fingerprint density at radius 3 is 2.74 bits per heavy atom. The lowest BCUT2D eigenvalue weighted by Crippen LogP contribution is -2.50. The van der Waals surface area contributed by atoms with Gasteiger partial charge in [0.15, 0.2) is 0 Å². The molecule has 1 atom stereocenters. The van der Waals surface area contributed by atoms with E-state index < -0.39 is 11.5 Å². The van der Waals surface area contributed by atoms with Gasteiger partial charge in [0.05, 0.1) is 5.69 Å². The maximum atomic E-state index is 12.3. The van der Waals surface area contributed by atoms with Crippen LogP contribution in [0.4, 0.5) is 0 Å². The number of likely N-dealkylation sites (tertiary alicyclic amines) is 1. The Balaban J connectivity index is 2.17. The van der Waals surface area contributed by atoms with E-state index in [1.54, 1.807) is 13.1 Å². The summed E-state index contributed by atoms with van der Waals surface area (Å²) < 4.78 is 1.53. The smallest absolute Gasteiger partial charge is 0.325 e. The second-order valence-corrected chi connectivity index (χ2v) is 4.94. The molecular formula is C12H18N4O3. The van der Waals surface area contributed by atoms with Crippen LogP contribution in [0.25, 0.3) is 0 Å². The number of nitrogens with zero attached hydrogens (tertiary/aromatic N) is 3. The van der Waals surface area contributed by atoms with E-state index in [4.69, 9.17) is 10.8 Å². The van der Waals surface area contributed by atoms with E-state index in [1.807, 2.05) is 6.92 Å². The highest BCUT2D eigenvalue weighted by molar-refractivity contribution is 5.94. The topological polar surface area (TPSA) is 101 Å². The van der Waals surface area contributed by atoms with Crippen molar-refractivity contribution in [3.8, 4) is 0 Å². The van der Waals surface area contributed by atoms with Crippen molar-refractivity contribution in [2.75, 3.05) is 13.1 Å². The molecule has 7 heteroatoms. The molecule has 0 bridgehead atoms. The van der Waals surface area contributed by atoms with E-state index >= 15 is 0 Å². The summed E-state index contributed by atoms with van der Waals surface area (Å²) in [5.41, 5.74) is 5.73. The van der Waals surface area contributed by atoms with Gasteiger partial charge in [-0.25, -0.2) is 0 Å². The molecule has 1 aromatic rings. The predicted octanol–water partition coefficient (Wildman–Crippen LogP) is -0.389. The normalized spacial score (nSPS) is 22.8. The molecule has 0 saturated carbocycles. The molecular weight excluding hydrogens is 248 g/mol. The first-order valence-corrected chi connectivity index (χ1v) is 6.22. The average molecular weight is 266 g/mol. The molecule has 1 amide bonds. The lowest BCUT2D eigenvalue weighted by atomic mass is 10.0. The Hall–Kier alpha value is -1.89. The number of aliphatic carboxylic acids is 1. The monoisotopic (exact) mass is 266 g/mol. The van der Waals surface area contributed by atoms with Gasteiger partial charge in [-0.05, 0) is 18.9 Å². The number of aromatic nitrogens is 2. The highest BCUT2D eigenvalue weighted by Crippen LogP contribution is 2.21. The molecule has 0 spiro atoms. The highest BCUT2D eigenvalue weighted by atomic mass is 16.4. The van der Waals surface area contributed by atoms with Crippen LogP contribution in [-0.2, 0) is 18.3 Å². The number of hydrogen-bond donors (Lipinski definition) is 2. The maximum Gasteiger partial charge on any atom is 0.325 e. The molecule has 1 aromatic heterocycles. The van der Waals surface area contributed by atoms with E-state index in [1.165, 1.54) is 9.58 Å².